The second-order valence-electron chi connectivity index (χ2n) is 18.7. The molecule has 1 N–H and O–H groups in total. The molecule has 10 atom stereocenters. The van der Waals surface area contributed by atoms with Gasteiger partial charge in [-0.3, -0.25) is 0 Å². The Morgan fingerprint density at radius 1 is 0.373 bits per heavy atom. The second-order valence-corrected chi connectivity index (χ2v) is 18.7. The molecule has 2 saturated heterocycles. The zero-order chi connectivity index (χ0) is 51.3. The first-order chi connectivity index (χ1) is 37.1. The van der Waals surface area contributed by atoms with Crippen LogP contribution in [-0.2, 0) is 98.4 Å². The summed E-state index contributed by atoms with van der Waals surface area (Å²) in [6, 6.07) is 69.4. The number of ether oxygens (including phenoxy) is 11. The summed E-state index contributed by atoms with van der Waals surface area (Å²) in [6.07, 6.45) is -7.70. The second kappa shape index (κ2) is 28.3. The van der Waals surface area contributed by atoms with Gasteiger partial charge in [0.1, 0.15) is 55.4 Å². The van der Waals surface area contributed by atoms with Crippen LogP contribution in [0.25, 0.3) is 0 Å². The molecule has 12 heteroatoms. The molecule has 0 aromatic heterocycles. The van der Waals surface area contributed by atoms with E-state index >= 15 is 0 Å². The maximum Gasteiger partial charge on any atom is 0.222 e. The number of rotatable bonds is 27. The SMILES string of the molecule is CO[C@H]1O[C@H](CO[C@@]2(CO)O[C@H](COCc3ccccc3)[C@H](OCc3ccccc3)[C@H](OCc3ccccc3)[C@H]2OCc2ccccc2)[C@@H](OCc2ccccc2)[C@H](OCc2ccccc2)[C@H]1OCc1ccccc1. The lowest BCUT2D eigenvalue weighted by Gasteiger charge is -2.52. The number of aliphatic hydroxyl groups excluding tert-OH is 1. The van der Waals surface area contributed by atoms with E-state index in [0.29, 0.717) is 6.61 Å². The highest BCUT2D eigenvalue weighted by molar-refractivity contribution is 5.19. The van der Waals surface area contributed by atoms with E-state index in [9.17, 15) is 5.11 Å². The summed E-state index contributed by atoms with van der Waals surface area (Å²) >= 11 is 0. The van der Waals surface area contributed by atoms with Gasteiger partial charge in [0.25, 0.3) is 0 Å². The highest BCUT2D eigenvalue weighted by atomic mass is 16.8. The molecule has 0 saturated carbocycles. The number of benzene rings is 7. The molecule has 2 fully saturated rings. The van der Waals surface area contributed by atoms with Crippen molar-refractivity contribution in [1.29, 1.82) is 0 Å². The fourth-order valence-electron chi connectivity index (χ4n) is 9.50. The molecule has 0 amide bonds. The molecule has 75 heavy (non-hydrogen) atoms. The summed E-state index contributed by atoms with van der Waals surface area (Å²) in [7, 11) is 1.58. The molecule has 0 bridgehead atoms. The van der Waals surface area contributed by atoms with Gasteiger partial charge in [0, 0.05) is 7.11 Å². The Labute approximate surface area is 440 Å². The number of hydrogen-bond acceptors (Lipinski definition) is 12. The van der Waals surface area contributed by atoms with Crippen molar-refractivity contribution in [2.45, 2.75) is 107 Å². The summed E-state index contributed by atoms with van der Waals surface area (Å²) in [6.45, 7) is 0.834. The van der Waals surface area contributed by atoms with Gasteiger partial charge in [-0.1, -0.05) is 212 Å². The quantitative estimate of drug-likeness (QED) is 0.0528. The van der Waals surface area contributed by atoms with E-state index < -0.39 is 67.5 Å². The molecule has 392 valence electrons. The van der Waals surface area contributed by atoms with Crippen molar-refractivity contribution in [3.05, 3.63) is 251 Å². The summed E-state index contributed by atoms with van der Waals surface area (Å²) < 4.78 is 75.4. The minimum Gasteiger partial charge on any atom is -0.391 e. The Bertz CT molecular complexity index is 2640. The smallest absolute Gasteiger partial charge is 0.222 e. The number of aliphatic hydroxyl groups is 1. The van der Waals surface area contributed by atoms with Crippen LogP contribution >= 0.6 is 0 Å². The first-order valence-electron chi connectivity index (χ1n) is 25.7. The molecular weight excluding hydrogens is 949 g/mol. The average molecular weight is 1020 g/mol. The first kappa shape index (κ1) is 53.9. The Balaban J connectivity index is 1.08. The molecule has 7 aromatic rings. The van der Waals surface area contributed by atoms with Crippen LogP contribution in [0.2, 0.25) is 0 Å². The fourth-order valence-corrected chi connectivity index (χ4v) is 9.50. The zero-order valence-electron chi connectivity index (χ0n) is 42.4. The lowest BCUT2D eigenvalue weighted by molar-refractivity contribution is -0.400. The van der Waals surface area contributed by atoms with Crippen molar-refractivity contribution in [2.24, 2.45) is 0 Å². The molecule has 2 heterocycles. The molecule has 7 aromatic carbocycles. The van der Waals surface area contributed by atoms with E-state index in [0.717, 1.165) is 38.9 Å². The molecule has 0 radical (unpaired) electrons. The van der Waals surface area contributed by atoms with Gasteiger partial charge < -0.3 is 57.2 Å². The summed E-state index contributed by atoms with van der Waals surface area (Å²) in [5.41, 5.74) is 6.66. The predicted octanol–water partition coefficient (Wildman–Crippen LogP) is 10.2. The lowest BCUT2D eigenvalue weighted by atomic mass is 9.91. The predicted molar refractivity (Wildman–Crippen MR) is 283 cm³/mol. The van der Waals surface area contributed by atoms with Crippen molar-refractivity contribution < 1.29 is 57.2 Å². The van der Waals surface area contributed by atoms with E-state index in [1.165, 1.54) is 0 Å². The molecule has 12 nitrogen and oxygen atoms in total. The topological polar surface area (TPSA) is 122 Å². The lowest BCUT2D eigenvalue weighted by Crippen LogP contribution is -2.70. The van der Waals surface area contributed by atoms with E-state index in [-0.39, 0.29) is 52.9 Å². The maximum atomic E-state index is 12.0. The highest BCUT2D eigenvalue weighted by Gasteiger charge is 2.59. The van der Waals surface area contributed by atoms with Crippen LogP contribution < -0.4 is 0 Å². The Hall–Kier alpha value is -5.94. The van der Waals surface area contributed by atoms with Crippen LogP contribution in [0.1, 0.15) is 38.9 Å². The Morgan fingerprint density at radius 3 is 1.09 bits per heavy atom. The maximum absolute atomic E-state index is 12.0. The number of methoxy groups -OCH3 is 1. The minimum atomic E-state index is -1.89. The van der Waals surface area contributed by atoms with Crippen molar-refractivity contribution >= 4 is 0 Å². The van der Waals surface area contributed by atoms with Gasteiger partial charge >= 0.3 is 0 Å². The van der Waals surface area contributed by atoms with Crippen LogP contribution in [0, 0.1) is 0 Å². The molecule has 2 aliphatic heterocycles. The Kier molecular flexibility index (Phi) is 20.3. The van der Waals surface area contributed by atoms with Gasteiger partial charge in [-0.2, -0.15) is 0 Å². The summed E-state index contributed by atoms with van der Waals surface area (Å²) in [5.74, 6) is -1.89. The standard InChI is InChI=1S/C63H68O12/c1-65-62-60(71-42-52-33-19-7-20-34-52)58(69-40-50-29-15-5-16-30-50)56(67-38-48-25-11-3-12-26-48)54(74-62)45-73-63(46-64)61(72-43-53-35-21-8-22-36-53)59(70-41-51-31-17-6-18-32-51)57(68-39-49-27-13-4-14-28-49)55(75-63)44-66-37-47-23-9-2-10-24-47/h2-36,54-62,64H,37-46H2,1H3/t54-,55-,56-,57+,58+,59+,60-,61-,62+,63+/m1/s1. The number of hydrogen-bond donors (Lipinski definition) is 1. The summed E-state index contributed by atoms with van der Waals surface area (Å²) in [5, 5.41) is 12.0. The van der Waals surface area contributed by atoms with Crippen LogP contribution in [0.5, 0.6) is 0 Å². The van der Waals surface area contributed by atoms with Gasteiger partial charge in [-0.05, 0) is 38.9 Å². The van der Waals surface area contributed by atoms with Crippen LogP contribution in [0.3, 0.4) is 0 Å². The summed E-state index contributed by atoms with van der Waals surface area (Å²) in [4.78, 5) is 0. The largest absolute Gasteiger partial charge is 0.391 e. The average Bonchev–Trinajstić information content (AvgIpc) is 3.47. The van der Waals surface area contributed by atoms with Gasteiger partial charge in [0.2, 0.25) is 5.79 Å². The third kappa shape index (κ3) is 15.1. The third-order valence-corrected chi connectivity index (χ3v) is 13.4. The van der Waals surface area contributed by atoms with Crippen molar-refractivity contribution in [1.82, 2.24) is 0 Å². The zero-order valence-corrected chi connectivity index (χ0v) is 42.4. The molecule has 0 aliphatic carbocycles. The van der Waals surface area contributed by atoms with Crippen molar-refractivity contribution in [3.8, 4) is 0 Å². The normalized spacial score (nSPS) is 24.7. The van der Waals surface area contributed by atoms with E-state index in [1.807, 2.05) is 212 Å². The minimum absolute atomic E-state index is 0.0559. The Morgan fingerprint density at radius 2 is 0.707 bits per heavy atom. The molecular formula is C63H68O12. The van der Waals surface area contributed by atoms with E-state index in [1.54, 1.807) is 7.11 Å². The highest BCUT2D eigenvalue weighted by Crippen LogP contribution is 2.40. The van der Waals surface area contributed by atoms with Crippen LogP contribution in [-0.4, -0.2) is 92.9 Å². The molecule has 2 aliphatic rings. The van der Waals surface area contributed by atoms with E-state index in [2.05, 4.69) is 0 Å². The molecule has 9 rings (SSSR count). The van der Waals surface area contributed by atoms with Gasteiger partial charge in [-0.15, -0.1) is 0 Å². The van der Waals surface area contributed by atoms with Crippen molar-refractivity contribution in [2.75, 3.05) is 26.9 Å². The third-order valence-electron chi connectivity index (χ3n) is 13.4. The molecule has 0 spiro atoms. The van der Waals surface area contributed by atoms with Crippen molar-refractivity contribution in [3.63, 3.8) is 0 Å². The molecule has 0 unspecified atom stereocenters. The van der Waals surface area contributed by atoms with E-state index in [4.69, 9.17) is 52.1 Å². The van der Waals surface area contributed by atoms with Gasteiger partial charge in [0.05, 0.1) is 59.5 Å². The van der Waals surface area contributed by atoms with Crippen LogP contribution in [0.15, 0.2) is 212 Å². The first-order valence-corrected chi connectivity index (χ1v) is 25.7. The van der Waals surface area contributed by atoms with Gasteiger partial charge in [0.15, 0.2) is 6.29 Å². The fraction of sp³-hybridized carbons (Fsp3) is 0.333. The van der Waals surface area contributed by atoms with Crippen LogP contribution in [0.4, 0.5) is 0 Å². The monoisotopic (exact) mass is 1020 g/mol. The van der Waals surface area contributed by atoms with Gasteiger partial charge in [-0.25, -0.2) is 0 Å².